The molecule has 0 saturated carbocycles. The van der Waals surface area contributed by atoms with Crippen LogP contribution in [-0.4, -0.2) is 34.1 Å². The highest BCUT2D eigenvalue weighted by Gasteiger charge is 2.31. The Morgan fingerprint density at radius 3 is 2.49 bits per heavy atom. The van der Waals surface area contributed by atoms with Crippen molar-refractivity contribution in [2.75, 3.05) is 0 Å². The summed E-state index contributed by atoms with van der Waals surface area (Å²) in [5, 5.41) is 31.0. The lowest BCUT2D eigenvalue weighted by molar-refractivity contribution is -0.777. The first-order chi connectivity index (χ1) is 19.7. The topological polar surface area (TPSA) is 194 Å². The molecule has 0 radical (unpaired) electrons. The van der Waals surface area contributed by atoms with Crippen LogP contribution in [0.4, 0.5) is 11.4 Å². The van der Waals surface area contributed by atoms with E-state index in [2.05, 4.69) is 35.6 Å². The minimum atomic E-state index is -4.96. The van der Waals surface area contributed by atoms with Gasteiger partial charge >= 0.3 is 0 Å². The lowest BCUT2D eigenvalue weighted by Gasteiger charge is -2.18. The molecule has 0 unspecified atom stereocenters. The molecule has 0 aliphatic carbocycles. The maximum atomic E-state index is 13.4. The van der Waals surface area contributed by atoms with E-state index >= 15 is 0 Å². The van der Waals surface area contributed by atoms with E-state index in [1.807, 2.05) is 0 Å². The van der Waals surface area contributed by atoms with Crippen LogP contribution in [0.25, 0.3) is 16.6 Å². The summed E-state index contributed by atoms with van der Waals surface area (Å²) < 4.78 is 41.8. The van der Waals surface area contributed by atoms with Gasteiger partial charge in [-0.2, -0.15) is 19.8 Å². The highest BCUT2D eigenvalue weighted by atomic mass is 32.2. The van der Waals surface area contributed by atoms with Crippen LogP contribution < -0.4 is 5.26 Å². The Bertz CT molecular complexity index is 1920. The number of hydrogen-bond acceptors (Lipinski definition) is 13. The maximum absolute atomic E-state index is 13.4. The first-order valence-corrected chi connectivity index (χ1v) is 13.8. The number of para-hydroxylation sites is 2. The van der Waals surface area contributed by atoms with Crippen molar-refractivity contribution in [3.63, 3.8) is 0 Å². The van der Waals surface area contributed by atoms with Gasteiger partial charge in [-0.25, -0.2) is 13.4 Å². The highest BCUT2D eigenvalue weighted by molar-refractivity contribution is 7.94. The van der Waals surface area contributed by atoms with Gasteiger partial charge in [0.2, 0.25) is 0 Å². The number of aliphatic imine (C=N–C) groups is 1. The molecular formula is C26H16N6O7S2-2. The van der Waals surface area contributed by atoms with Gasteiger partial charge in [0.1, 0.15) is 27.5 Å². The molecule has 206 valence electrons. The molecule has 1 aromatic heterocycles. The number of carbonyl (C=O) groups is 1. The van der Waals surface area contributed by atoms with Crippen LogP contribution in [-0.2, 0) is 26.0 Å². The summed E-state index contributed by atoms with van der Waals surface area (Å²) in [5.41, 5.74) is 1.94. The predicted octanol–water partition coefficient (Wildman–Crippen LogP) is 4.18. The van der Waals surface area contributed by atoms with E-state index < -0.39 is 20.9 Å². The zero-order valence-electron chi connectivity index (χ0n) is 20.9. The van der Waals surface area contributed by atoms with Gasteiger partial charge in [0.15, 0.2) is 5.82 Å². The van der Waals surface area contributed by atoms with Crippen LogP contribution >= 0.6 is 12.0 Å². The number of allylic oxidation sites excluding steroid dienone is 2. The largest absolute Gasteiger partial charge is 0.744 e. The summed E-state index contributed by atoms with van der Waals surface area (Å²) in [6.07, 6.45) is 0. The molecule has 41 heavy (non-hydrogen) atoms. The molecule has 5 rings (SSSR count). The summed E-state index contributed by atoms with van der Waals surface area (Å²) in [7, 11) is -4.96. The van der Waals surface area contributed by atoms with Gasteiger partial charge in [-0.15, -0.1) is 0 Å². The summed E-state index contributed by atoms with van der Waals surface area (Å²) >= 11 is 0.701. The van der Waals surface area contributed by atoms with Crippen molar-refractivity contribution in [3.05, 3.63) is 83.7 Å². The van der Waals surface area contributed by atoms with Crippen molar-refractivity contribution in [3.8, 4) is 6.07 Å². The highest BCUT2D eigenvalue weighted by Crippen LogP contribution is 2.30. The third kappa shape index (κ3) is 5.69. The van der Waals surface area contributed by atoms with Crippen LogP contribution in [0.2, 0.25) is 0 Å². The van der Waals surface area contributed by atoms with Crippen molar-refractivity contribution in [1.29, 1.82) is 5.26 Å². The van der Waals surface area contributed by atoms with Gasteiger partial charge in [0, 0.05) is 10.5 Å². The first-order valence-electron chi connectivity index (χ1n) is 11.6. The molecule has 0 fully saturated rings. The lowest BCUT2D eigenvalue weighted by atomic mass is 10.0. The Kier molecular flexibility index (Phi) is 7.85. The molecule has 0 atom stereocenters. The molecule has 1 aliphatic heterocycles. The number of hydrogen-bond donors (Lipinski definition) is 0. The Balaban J connectivity index is 1.45. The number of azo groups is 1. The maximum Gasteiger partial charge on any atom is 0.282 e. The lowest BCUT2D eigenvalue weighted by Crippen LogP contribution is -2.29. The molecule has 0 spiro atoms. The van der Waals surface area contributed by atoms with Gasteiger partial charge in [-0.1, -0.05) is 18.2 Å². The molecule has 0 saturated heterocycles. The number of benzene rings is 3. The van der Waals surface area contributed by atoms with Crippen molar-refractivity contribution < 1.29 is 32.4 Å². The molecule has 4 aromatic rings. The van der Waals surface area contributed by atoms with E-state index in [0.29, 0.717) is 33.7 Å². The van der Waals surface area contributed by atoms with Crippen LogP contribution in [0, 0.1) is 11.3 Å². The predicted molar refractivity (Wildman–Crippen MR) is 143 cm³/mol. The van der Waals surface area contributed by atoms with Crippen LogP contribution in [0.15, 0.2) is 97.3 Å². The summed E-state index contributed by atoms with van der Waals surface area (Å²) in [4.78, 5) is 22.2. The molecule has 3 aromatic carbocycles. The van der Waals surface area contributed by atoms with E-state index in [1.54, 1.807) is 55.5 Å². The standard InChI is InChI=1S/C26H18N6O7S2/c1-15-20(13-27)25-29-21-4-2-3-5-22(21)32(25)26(33)24(15)28-14-16-6-7-18(12-23(16)41(35,36)37)31-30-17-8-10-19(11-9-17)40-39-38-34/h2-12,34H,14H2,1H3,(H,35,36,37)/p-2. The molecular weight excluding hydrogens is 572 g/mol. The Labute approximate surface area is 236 Å². The Morgan fingerprint density at radius 2 is 1.78 bits per heavy atom. The van der Waals surface area contributed by atoms with Gasteiger partial charge in [-0.3, -0.25) is 19.4 Å². The molecule has 15 heteroatoms. The van der Waals surface area contributed by atoms with Crippen LogP contribution in [0.1, 0.15) is 23.1 Å². The minimum Gasteiger partial charge on any atom is -0.744 e. The van der Waals surface area contributed by atoms with E-state index in [1.165, 1.54) is 16.7 Å². The quantitative estimate of drug-likeness (QED) is 0.0947. The number of nitrogens with zero attached hydrogens (tertiary/aromatic N) is 6. The first kappa shape index (κ1) is 28.0. The summed E-state index contributed by atoms with van der Waals surface area (Å²) in [6.45, 7) is 1.23. The zero-order chi connectivity index (χ0) is 29.1. The fourth-order valence-corrected chi connectivity index (χ4v) is 5.21. The Hall–Kier alpha value is -4.56. The molecule has 2 heterocycles. The normalized spacial score (nSPS) is 14.7. The molecule has 13 nitrogen and oxygen atoms in total. The molecule has 0 bridgehead atoms. The molecule has 0 amide bonds. The van der Waals surface area contributed by atoms with Gasteiger partial charge in [-0.05, 0) is 61.0 Å². The van der Waals surface area contributed by atoms with E-state index in [4.69, 9.17) is 0 Å². The zero-order valence-corrected chi connectivity index (χ0v) is 22.5. The smallest absolute Gasteiger partial charge is 0.282 e. The third-order valence-electron chi connectivity index (χ3n) is 6.04. The van der Waals surface area contributed by atoms with Crippen molar-refractivity contribution in [2.24, 2.45) is 15.2 Å². The van der Waals surface area contributed by atoms with E-state index in [-0.39, 0.29) is 40.5 Å². The average molecular weight is 589 g/mol. The number of rotatable bonds is 8. The number of aromatic nitrogens is 2. The van der Waals surface area contributed by atoms with Crippen molar-refractivity contribution in [2.45, 2.75) is 23.3 Å². The van der Waals surface area contributed by atoms with Crippen LogP contribution in [0.3, 0.4) is 0 Å². The van der Waals surface area contributed by atoms with Gasteiger partial charge < -0.3 is 9.81 Å². The van der Waals surface area contributed by atoms with Crippen LogP contribution in [0.5, 0.6) is 0 Å². The second-order valence-electron chi connectivity index (χ2n) is 8.50. The second kappa shape index (κ2) is 11.5. The van der Waals surface area contributed by atoms with E-state index in [0.717, 1.165) is 6.07 Å². The number of carbonyl (C=O) groups excluding carboxylic acids is 1. The minimum absolute atomic E-state index is 0.0359. The summed E-state index contributed by atoms with van der Waals surface area (Å²) in [5.74, 6) is -0.329. The third-order valence-corrected chi connectivity index (χ3v) is 7.54. The Morgan fingerprint density at radius 1 is 1.07 bits per heavy atom. The number of imidazole rings is 1. The van der Waals surface area contributed by atoms with E-state index in [9.17, 15) is 28.3 Å². The fourth-order valence-electron chi connectivity index (χ4n) is 4.14. The molecule has 0 N–H and O–H groups in total. The number of fused-ring (bicyclic) bond motifs is 3. The van der Waals surface area contributed by atoms with Gasteiger partial charge in [0.05, 0.1) is 45.9 Å². The second-order valence-corrected chi connectivity index (χ2v) is 10.6. The monoisotopic (exact) mass is 588 g/mol. The summed E-state index contributed by atoms with van der Waals surface area (Å²) in [6, 6.07) is 19.2. The fraction of sp³-hybridized carbons (Fsp3) is 0.0769. The van der Waals surface area contributed by atoms with Gasteiger partial charge in [0.25, 0.3) is 5.91 Å². The average Bonchev–Trinajstić information content (AvgIpc) is 3.35. The molecule has 1 aliphatic rings. The number of nitriles is 1. The SMILES string of the molecule is CC1=C(C#N)c2nc3ccccc3n2C(=O)C1=NCc1ccc(N=Nc2ccc(SOO[O-])cc2)cc1S(=O)(=O)[O-]. The van der Waals surface area contributed by atoms with Crippen molar-refractivity contribution >= 4 is 61.8 Å². The van der Waals surface area contributed by atoms with Crippen molar-refractivity contribution in [1.82, 2.24) is 9.55 Å².